The van der Waals surface area contributed by atoms with Crippen molar-refractivity contribution >= 4 is 45.2 Å². The zero-order valence-corrected chi connectivity index (χ0v) is 22.8. The van der Waals surface area contributed by atoms with Crippen LogP contribution in [0, 0.1) is 5.92 Å². The van der Waals surface area contributed by atoms with E-state index in [-0.39, 0.29) is 36.2 Å². The first-order valence-electron chi connectivity index (χ1n) is 9.75. The molecule has 1 unspecified atom stereocenters. The summed E-state index contributed by atoms with van der Waals surface area (Å²) in [5.41, 5.74) is 0. The minimum Gasteiger partial charge on any atom is -0.726 e. The molecule has 5 nitrogen and oxygen atoms in total. The minimum absolute atomic E-state index is 0. The third-order valence-electron chi connectivity index (χ3n) is 3.80. The van der Waals surface area contributed by atoms with Gasteiger partial charge in [0.2, 0.25) is 14.2 Å². The Kier molecular flexibility index (Phi) is 25.2. The average molecular weight is 494 g/mol. The van der Waals surface area contributed by atoms with E-state index in [2.05, 4.69) is 11.1 Å². The van der Waals surface area contributed by atoms with E-state index in [1.807, 2.05) is 13.8 Å². The number of aliphatic hydroxyl groups is 1. The van der Waals surface area contributed by atoms with Gasteiger partial charge in [0.25, 0.3) is 0 Å². The topological polar surface area (TPSA) is 86.7 Å². The third kappa shape index (κ3) is 29.9. The van der Waals surface area contributed by atoms with Gasteiger partial charge in [-0.25, -0.2) is 8.42 Å². The molecule has 28 heavy (non-hydrogen) atoms. The zero-order valence-electron chi connectivity index (χ0n) is 17.8. The van der Waals surface area contributed by atoms with E-state index in [1.54, 1.807) is 0 Å². The van der Waals surface area contributed by atoms with E-state index in [0.29, 0.717) is 18.8 Å². The quantitative estimate of drug-likeness (QED) is 0.132. The van der Waals surface area contributed by atoms with E-state index < -0.39 is 20.3 Å². The molecule has 1 atom stereocenters. The molecule has 0 radical (unpaired) electrons. The van der Waals surface area contributed by atoms with Gasteiger partial charge in [-0.05, 0) is 18.8 Å². The van der Waals surface area contributed by atoms with Gasteiger partial charge in [0.15, 0.2) is 0 Å². The maximum absolute atomic E-state index is 10.1. The number of rotatable bonds is 14. The fourth-order valence-corrected chi connectivity index (χ4v) is 2.92. The first-order valence-corrected chi connectivity index (χ1v) is 12.2. The fourth-order valence-electron chi connectivity index (χ4n) is 2.33. The van der Waals surface area contributed by atoms with Crippen LogP contribution >= 0.6 is 34.8 Å². The van der Waals surface area contributed by atoms with Gasteiger partial charge in [0.1, 0.15) is 6.10 Å². The maximum atomic E-state index is 10.1. The smallest absolute Gasteiger partial charge is 0.726 e. The SMILES string of the molecule is CC(C)CC(O)C(Cl)(Cl)Cl.CCCCCCCCCCCCOS(=O)(=O)[O-].[Na+]. The molecule has 0 aromatic carbocycles. The number of unbranched alkanes of at least 4 members (excludes halogenated alkanes) is 9. The van der Waals surface area contributed by atoms with Crippen LogP contribution in [0.1, 0.15) is 91.4 Å². The molecule has 0 aliphatic rings. The van der Waals surface area contributed by atoms with Crippen molar-refractivity contribution in [3.8, 4) is 0 Å². The summed E-state index contributed by atoms with van der Waals surface area (Å²) in [5.74, 6) is 0.339. The predicted molar refractivity (Wildman–Crippen MR) is 113 cm³/mol. The molecule has 0 aromatic rings. The van der Waals surface area contributed by atoms with Crippen molar-refractivity contribution in [3.63, 3.8) is 0 Å². The van der Waals surface area contributed by atoms with Crippen molar-refractivity contribution in [1.82, 2.24) is 0 Å². The number of alkyl halides is 3. The van der Waals surface area contributed by atoms with Crippen LogP contribution in [0.2, 0.25) is 0 Å². The van der Waals surface area contributed by atoms with Crippen LogP contribution in [0.5, 0.6) is 0 Å². The Bertz CT molecular complexity index is 431. The van der Waals surface area contributed by atoms with Gasteiger partial charge in [0, 0.05) is 0 Å². The monoisotopic (exact) mass is 492 g/mol. The molecular weight excluding hydrogens is 458 g/mol. The molecule has 10 heteroatoms. The van der Waals surface area contributed by atoms with Crippen molar-refractivity contribution < 1.29 is 51.8 Å². The second-order valence-corrected chi connectivity index (χ2v) is 10.5. The Morgan fingerprint density at radius 2 is 1.32 bits per heavy atom. The van der Waals surface area contributed by atoms with Crippen molar-refractivity contribution in [2.75, 3.05) is 6.61 Å². The summed E-state index contributed by atoms with van der Waals surface area (Å²) >= 11 is 16.2. The summed E-state index contributed by atoms with van der Waals surface area (Å²) < 4.78 is 32.9. The van der Waals surface area contributed by atoms with Crippen LogP contribution in [0.3, 0.4) is 0 Å². The Morgan fingerprint density at radius 3 is 1.61 bits per heavy atom. The molecule has 166 valence electrons. The van der Waals surface area contributed by atoms with Crippen LogP contribution in [-0.4, -0.2) is 34.6 Å². The summed E-state index contributed by atoms with van der Waals surface area (Å²) in [6.45, 7) is 6.16. The van der Waals surface area contributed by atoms with Gasteiger partial charge in [0.05, 0.1) is 6.61 Å². The normalized spacial score (nSPS) is 12.9. The van der Waals surface area contributed by atoms with Crippen molar-refractivity contribution in [2.24, 2.45) is 5.92 Å². The second-order valence-electron chi connectivity index (χ2n) is 7.10. The Labute approximate surface area is 209 Å². The zero-order chi connectivity index (χ0) is 21.3. The fraction of sp³-hybridized carbons (Fsp3) is 1.00. The van der Waals surface area contributed by atoms with E-state index in [1.165, 1.54) is 44.9 Å². The molecule has 0 heterocycles. The Morgan fingerprint density at radius 1 is 0.929 bits per heavy atom. The van der Waals surface area contributed by atoms with Gasteiger partial charge in [-0.3, -0.25) is 4.18 Å². The molecule has 0 aromatic heterocycles. The molecule has 0 rings (SSSR count). The summed E-state index contributed by atoms with van der Waals surface area (Å²) in [5, 5.41) is 9.16. The second kappa shape index (κ2) is 20.6. The van der Waals surface area contributed by atoms with Crippen molar-refractivity contribution in [1.29, 1.82) is 0 Å². The Balaban J connectivity index is -0.000000489. The van der Waals surface area contributed by atoms with E-state index in [9.17, 15) is 13.0 Å². The first-order chi connectivity index (χ1) is 12.4. The van der Waals surface area contributed by atoms with E-state index in [4.69, 9.17) is 39.9 Å². The standard InChI is InChI=1S/C12H26O4S.C6H11Cl3O.Na/c1-2-3-4-5-6-7-8-9-10-11-12-16-17(13,14)15;1-4(2)3-5(10)6(7,8)9;/h2-12H2,1H3,(H,13,14,15);4-5,10H,3H2,1-2H3;/q;;+1/p-1. The van der Waals surface area contributed by atoms with E-state index in [0.717, 1.165) is 12.8 Å². The predicted octanol–water partition coefficient (Wildman–Crippen LogP) is 3.15. The molecule has 0 fully saturated rings. The average Bonchev–Trinajstić information content (AvgIpc) is 2.50. The largest absolute Gasteiger partial charge is 1.00 e. The van der Waals surface area contributed by atoms with Crippen LogP contribution in [0.4, 0.5) is 0 Å². The molecule has 0 saturated heterocycles. The number of halogens is 3. The van der Waals surface area contributed by atoms with Gasteiger partial charge in [-0.2, -0.15) is 0 Å². The maximum Gasteiger partial charge on any atom is 1.00 e. The molecule has 0 spiro atoms. The molecule has 0 aliphatic heterocycles. The molecular formula is C18H36Cl3NaO5S. The van der Waals surface area contributed by atoms with Crippen LogP contribution in [-0.2, 0) is 14.6 Å². The molecule has 0 bridgehead atoms. The number of hydrogen-bond donors (Lipinski definition) is 1. The van der Waals surface area contributed by atoms with Gasteiger partial charge in [-0.15, -0.1) is 0 Å². The van der Waals surface area contributed by atoms with Crippen LogP contribution in [0.25, 0.3) is 0 Å². The van der Waals surface area contributed by atoms with Crippen molar-refractivity contribution in [3.05, 3.63) is 0 Å². The summed E-state index contributed by atoms with van der Waals surface area (Å²) in [6, 6.07) is 0. The van der Waals surface area contributed by atoms with Crippen LogP contribution in [0.15, 0.2) is 0 Å². The molecule has 1 N–H and O–H groups in total. The minimum atomic E-state index is -4.48. The molecule has 0 saturated carbocycles. The third-order valence-corrected chi connectivity index (χ3v) is 5.01. The Hall–Kier alpha value is 1.70. The number of hydrogen-bond acceptors (Lipinski definition) is 5. The van der Waals surface area contributed by atoms with Crippen LogP contribution < -0.4 is 29.6 Å². The van der Waals surface area contributed by atoms with Gasteiger partial charge < -0.3 is 9.66 Å². The molecule has 0 aliphatic carbocycles. The van der Waals surface area contributed by atoms with Gasteiger partial charge >= 0.3 is 29.6 Å². The number of aliphatic hydroxyl groups excluding tert-OH is 1. The van der Waals surface area contributed by atoms with Crippen molar-refractivity contribution in [2.45, 2.75) is 101 Å². The molecule has 0 amide bonds. The van der Waals surface area contributed by atoms with Gasteiger partial charge in [-0.1, -0.05) is 113 Å². The summed E-state index contributed by atoms with van der Waals surface area (Å²) in [7, 11) is -4.48. The summed E-state index contributed by atoms with van der Waals surface area (Å²) in [6.07, 6.45) is 11.3. The summed E-state index contributed by atoms with van der Waals surface area (Å²) in [4.78, 5) is 0. The first kappa shape index (κ1) is 34.3. The van der Waals surface area contributed by atoms with E-state index >= 15 is 0 Å².